The van der Waals surface area contributed by atoms with Gasteiger partial charge in [-0.1, -0.05) is 29.8 Å². The van der Waals surface area contributed by atoms with Crippen LogP contribution in [0.4, 0.5) is 0 Å². The lowest BCUT2D eigenvalue weighted by atomic mass is 10.2. The predicted octanol–water partition coefficient (Wildman–Crippen LogP) is 4.25. The van der Waals surface area contributed by atoms with Crippen molar-refractivity contribution in [1.82, 2.24) is 10.4 Å². The van der Waals surface area contributed by atoms with E-state index < -0.39 is 0 Å². The number of phenolic OH excluding ortho intramolecular Hbond substituents is 1. The second-order valence-electron chi connectivity index (χ2n) is 5.54. The Balaban J connectivity index is 1.73. The number of nitrogens with one attached hydrogen (secondary N) is 1. The highest BCUT2D eigenvalue weighted by Crippen LogP contribution is 2.32. The molecule has 0 aliphatic heterocycles. The van der Waals surface area contributed by atoms with E-state index in [0.717, 1.165) is 5.56 Å². The Morgan fingerprint density at radius 2 is 2.11 bits per heavy atom. The van der Waals surface area contributed by atoms with Crippen molar-refractivity contribution in [1.29, 1.82) is 0 Å². The van der Waals surface area contributed by atoms with E-state index in [-0.39, 0.29) is 11.7 Å². The lowest BCUT2D eigenvalue weighted by Crippen LogP contribution is -2.17. The zero-order chi connectivity index (χ0) is 19.4. The van der Waals surface area contributed by atoms with E-state index in [1.54, 1.807) is 25.1 Å². The summed E-state index contributed by atoms with van der Waals surface area (Å²) in [4.78, 5) is 17.3. The van der Waals surface area contributed by atoms with Crippen LogP contribution in [0.5, 0.6) is 11.5 Å². The largest absolute Gasteiger partial charge is 0.504 e. The van der Waals surface area contributed by atoms with Gasteiger partial charge in [-0.25, -0.2) is 10.4 Å². The quantitative estimate of drug-likeness (QED) is 0.494. The van der Waals surface area contributed by atoms with E-state index in [4.69, 9.17) is 16.3 Å². The van der Waals surface area contributed by atoms with Crippen LogP contribution in [0.3, 0.4) is 0 Å². The van der Waals surface area contributed by atoms with Crippen LogP contribution in [0.25, 0.3) is 10.6 Å². The lowest BCUT2D eigenvalue weighted by molar-refractivity contribution is 0.0958. The first kappa shape index (κ1) is 18.9. The molecule has 0 fully saturated rings. The first-order valence-corrected chi connectivity index (χ1v) is 9.11. The summed E-state index contributed by atoms with van der Waals surface area (Å²) in [5.41, 5.74) is 4.47. The maximum absolute atomic E-state index is 12.4. The van der Waals surface area contributed by atoms with Gasteiger partial charge in [-0.3, -0.25) is 4.79 Å². The Morgan fingerprint density at radius 1 is 1.33 bits per heavy atom. The molecule has 138 valence electrons. The highest BCUT2D eigenvalue weighted by Gasteiger charge is 2.17. The highest BCUT2D eigenvalue weighted by molar-refractivity contribution is 7.17. The van der Waals surface area contributed by atoms with Crippen molar-refractivity contribution >= 4 is 35.1 Å². The summed E-state index contributed by atoms with van der Waals surface area (Å²) in [6.07, 6.45) is 1.43. The van der Waals surface area contributed by atoms with Crippen LogP contribution in [0.15, 0.2) is 47.6 Å². The second-order valence-corrected chi connectivity index (χ2v) is 6.95. The monoisotopic (exact) mass is 401 g/mol. The number of rotatable bonds is 5. The van der Waals surface area contributed by atoms with E-state index in [9.17, 15) is 9.90 Å². The van der Waals surface area contributed by atoms with Crippen LogP contribution in [0.2, 0.25) is 5.02 Å². The SMILES string of the molecule is COc1ccc(/C=N/NC(=O)c2sc(-c3ccccc3Cl)nc2C)cc1O. The molecule has 6 nitrogen and oxygen atoms in total. The summed E-state index contributed by atoms with van der Waals surface area (Å²) < 4.78 is 4.98. The van der Waals surface area contributed by atoms with Crippen molar-refractivity contribution in [2.24, 2.45) is 5.10 Å². The highest BCUT2D eigenvalue weighted by atomic mass is 35.5. The molecule has 3 aromatic rings. The van der Waals surface area contributed by atoms with Crippen LogP contribution in [-0.2, 0) is 0 Å². The number of hydrogen-bond donors (Lipinski definition) is 2. The predicted molar refractivity (Wildman–Crippen MR) is 107 cm³/mol. The number of phenols is 1. The van der Waals surface area contributed by atoms with Gasteiger partial charge in [0.25, 0.3) is 5.91 Å². The van der Waals surface area contributed by atoms with E-state index >= 15 is 0 Å². The number of aryl methyl sites for hydroxylation is 1. The van der Waals surface area contributed by atoms with Gasteiger partial charge in [0, 0.05) is 5.56 Å². The molecular weight excluding hydrogens is 386 g/mol. The molecule has 0 atom stereocenters. The molecular formula is C19H16ClN3O3S. The maximum atomic E-state index is 12.4. The third kappa shape index (κ3) is 4.27. The van der Waals surface area contributed by atoms with Gasteiger partial charge in [-0.15, -0.1) is 11.3 Å². The molecule has 2 aromatic carbocycles. The van der Waals surface area contributed by atoms with Gasteiger partial charge in [0.15, 0.2) is 11.5 Å². The van der Waals surface area contributed by atoms with E-state index in [1.165, 1.54) is 30.7 Å². The number of hydrogen-bond acceptors (Lipinski definition) is 6. The van der Waals surface area contributed by atoms with Gasteiger partial charge >= 0.3 is 0 Å². The first-order chi connectivity index (χ1) is 13.0. The van der Waals surface area contributed by atoms with Crippen LogP contribution in [0, 0.1) is 6.92 Å². The van der Waals surface area contributed by atoms with Crippen molar-refractivity contribution in [2.45, 2.75) is 6.92 Å². The lowest BCUT2D eigenvalue weighted by Gasteiger charge is -2.03. The molecule has 0 unspecified atom stereocenters. The second kappa shape index (κ2) is 8.20. The number of thiazole rings is 1. The number of nitrogens with zero attached hydrogens (tertiary/aromatic N) is 2. The molecule has 0 radical (unpaired) electrons. The zero-order valence-electron chi connectivity index (χ0n) is 14.6. The minimum Gasteiger partial charge on any atom is -0.504 e. The van der Waals surface area contributed by atoms with Gasteiger partial charge < -0.3 is 9.84 Å². The Labute approximate surface area is 165 Å². The smallest absolute Gasteiger partial charge is 0.283 e. The van der Waals surface area contributed by atoms with Crippen molar-refractivity contribution in [3.05, 3.63) is 63.6 Å². The standard InChI is InChI=1S/C19H16ClN3O3S/c1-11-17(27-19(22-11)13-5-3-4-6-14(13)20)18(25)23-21-10-12-7-8-16(26-2)15(24)9-12/h3-10,24H,1-2H3,(H,23,25)/b21-10+. The van der Waals surface area contributed by atoms with Crippen LogP contribution >= 0.6 is 22.9 Å². The van der Waals surface area contributed by atoms with Gasteiger partial charge in [0.2, 0.25) is 0 Å². The minimum atomic E-state index is -0.364. The summed E-state index contributed by atoms with van der Waals surface area (Å²) >= 11 is 7.45. The number of aromatic hydroxyl groups is 1. The topological polar surface area (TPSA) is 83.8 Å². The Kier molecular flexibility index (Phi) is 5.73. The summed E-state index contributed by atoms with van der Waals surface area (Å²) in [6, 6.07) is 12.2. The number of methoxy groups -OCH3 is 1. The van der Waals surface area contributed by atoms with Crippen molar-refractivity contribution in [3.8, 4) is 22.1 Å². The van der Waals surface area contributed by atoms with Crippen molar-refractivity contribution in [2.75, 3.05) is 7.11 Å². The summed E-state index contributed by atoms with van der Waals surface area (Å²) in [6.45, 7) is 1.76. The first-order valence-electron chi connectivity index (χ1n) is 7.92. The van der Waals surface area contributed by atoms with Crippen LogP contribution in [-0.4, -0.2) is 29.3 Å². The van der Waals surface area contributed by atoms with Gasteiger partial charge in [0.1, 0.15) is 9.88 Å². The van der Waals surface area contributed by atoms with Crippen molar-refractivity contribution < 1.29 is 14.6 Å². The van der Waals surface area contributed by atoms with Gasteiger partial charge in [-0.2, -0.15) is 5.10 Å². The van der Waals surface area contributed by atoms with Gasteiger partial charge in [-0.05, 0) is 36.8 Å². The van der Waals surface area contributed by atoms with E-state index in [2.05, 4.69) is 15.5 Å². The molecule has 0 saturated carbocycles. The molecule has 0 bridgehead atoms. The number of carbonyl (C=O) groups excluding carboxylic acids is 1. The Hall–Kier alpha value is -2.90. The molecule has 1 heterocycles. The molecule has 0 aliphatic rings. The zero-order valence-corrected chi connectivity index (χ0v) is 16.1. The summed E-state index contributed by atoms with van der Waals surface area (Å²) in [7, 11) is 1.47. The third-order valence-corrected chi connectivity index (χ3v) is 5.21. The molecule has 1 aromatic heterocycles. The van der Waals surface area contributed by atoms with E-state index in [0.29, 0.717) is 31.9 Å². The minimum absolute atomic E-state index is 0.00420. The number of hydrazone groups is 1. The number of halogens is 1. The molecule has 0 aliphatic carbocycles. The molecule has 1 amide bonds. The molecule has 3 rings (SSSR count). The Morgan fingerprint density at radius 3 is 2.81 bits per heavy atom. The molecule has 8 heteroatoms. The van der Waals surface area contributed by atoms with Crippen LogP contribution in [0.1, 0.15) is 20.9 Å². The normalized spacial score (nSPS) is 10.9. The molecule has 27 heavy (non-hydrogen) atoms. The number of carbonyl (C=O) groups is 1. The number of aromatic nitrogens is 1. The fourth-order valence-electron chi connectivity index (χ4n) is 2.36. The van der Waals surface area contributed by atoms with Crippen LogP contribution < -0.4 is 10.2 Å². The number of ether oxygens (including phenoxy) is 1. The average Bonchev–Trinajstić information content (AvgIpc) is 3.04. The van der Waals surface area contributed by atoms with Gasteiger partial charge in [0.05, 0.1) is 24.0 Å². The average molecular weight is 402 g/mol. The number of amides is 1. The summed E-state index contributed by atoms with van der Waals surface area (Å²) in [5, 5.41) is 14.9. The fraction of sp³-hybridized carbons (Fsp3) is 0.105. The Bertz CT molecular complexity index is 1020. The molecule has 2 N–H and O–H groups in total. The molecule has 0 spiro atoms. The maximum Gasteiger partial charge on any atom is 0.283 e. The third-order valence-electron chi connectivity index (χ3n) is 3.69. The van der Waals surface area contributed by atoms with Crippen molar-refractivity contribution in [3.63, 3.8) is 0 Å². The molecule has 0 saturated heterocycles. The van der Waals surface area contributed by atoms with E-state index in [1.807, 2.05) is 18.2 Å². The number of benzene rings is 2. The fourth-order valence-corrected chi connectivity index (χ4v) is 3.64. The summed E-state index contributed by atoms with van der Waals surface area (Å²) in [5.74, 6) is -0.00341.